The molecule has 0 bridgehead atoms. The molecule has 2 rings (SSSR count). The van der Waals surface area contributed by atoms with Gasteiger partial charge in [0.25, 0.3) is 11.6 Å². The number of amides is 2. The van der Waals surface area contributed by atoms with Gasteiger partial charge in [-0.25, -0.2) is 0 Å². The molecule has 1 aromatic carbocycles. The zero-order valence-corrected chi connectivity index (χ0v) is 15.1. The Morgan fingerprint density at radius 3 is 2.78 bits per heavy atom. The summed E-state index contributed by atoms with van der Waals surface area (Å²) >= 11 is 0. The van der Waals surface area contributed by atoms with Crippen molar-refractivity contribution in [3.05, 3.63) is 57.9 Å². The topological polar surface area (TPSA) is 119 Å². The minimum absolute atomic E-state index is 0.0586. The summed E-state index contributed by atoms with van der Waals surface area (Å²) in [6, 6.07) is 5.92. The fourth-order valence-electron chi connectivity index (χ4n) is 2.25. The third-order valence-corrected chi connectivity index (χ3v) is 3.60. The van der Waals surface area contributed by atoms with E-state index in [4.69, 9.17) is 0 Å². The first kappa shape index (κ1) is 19.8. The van der Waals surface area contributed by atoms with Crippen LogP contribution in [-0.4, -0.2) is 33.1 Å². The van der Waals surface area contributed by atoms with Gasteiger partial charge in [0, 0.05) is 37.5 Å². The Hall–Kier alpha value is -3.49. The monoisotopic (exact) mass is 371 g/mol. The van der Waals surface area contributed by atoms with Crippen molar-refractivity contribution in [2.75, 3.05) is 11.9 Å². The molecule has 1 heterocycles. The third-order valence-electron chi connectivity index (χ3n) is 3.60. The highest BCUT2D eigenvalue weighted by molar-refractivity contribution is 6.06. The van der Waals surface area contributed by atoms with Crippen LogP contribution in [0.3, 0.4) is 0 Å². The van der Waals surface area contributed by atoms with Crippen LogP contribution in [0.4, 0.5) is 11.4 Å². The van der Waals surface area contributed by atoms with Gasteiger partial charge in [-0.15, -0.1) is 0 Å². The Labute approximate surface area is 156 Å². The number of benzene rings is 1. The summed E-state index contributed by atoms with van der Waals surface area (Å²) in [5, 5.41) is 20.3. The molecule has 0 aliphatic rings. The number of aromatic nitrogens is 2. The van der Waals surface area contributed by atoms with E-state index >= 15 is 0 Å². The molecule has 0 radical (unpaired) electrons. The van der Waals surface area contributed by atoms with E-state index in [1.807, 2.05) is 13.8 Å². The van der Waals surface area contributed by atoms with Crippen molar-refractivity contribution < 1.29 is 14.5 Å². The van der Waals surface area contributed by atoms with Crippen molar-refractivity contribution in [3.63, 3.8) is 0 Å². The van der Waals surface area contributed by atoms with Crippen molar-refractivity contribution in [1.82, 2.24) is 15.1 Å². The van der Waals surface area contributed by atoms with Gasteiger partial charge in [-0.2, -0.15) is 5.10 Å². The molecular weight excluding hydrogens is 350 g/mol. The molecule has 9 nitrogen and oxygen atoms in total. The normalized spacial score (nSPS) is 10.7. The van der Waals surface area contributed by atoms with Crippen LogP contribution in [0, 0.1) is 10.1 Å². The van der Waals surface area contributed by atoms with Gasteiger partial charge in [-0.05, 0) is 25.0 Å². The van der Waals surface area contributed by atoms with Crippen molar-refractivity contribution in [1.29, 1.82) is 0 Å². The predicted octanol–water partition coefficient (Wildman–Crippen LogP) is 2.60. The lowest BCUT2D eigenvalue weighted by atomic mass is 10.2. The highest BCUT2D eigenvalue weighted by atomic mass is 16.6. The summed E-state index contributed by atoms with van der Waals surface area (Å²) in [7, 11) is 0. The summed E-state index contributed by atoms with van der Waals surface area (Å²) in [5.74, 6) is -0.830. The quantitative estimate of drug-likeness (QED) is 0.420. The smallest absolute Gasteiger partial charge is 0.273 e. The minimum atomic E-state index is -0.502. The maximum absolute atomic E-state index is 12.2. The molecule has 0 spiro atoms. The number of nitro groups is 1. The number of nitrogens with zero attached hydrogens (tertiary/aromatic N) is 3. The van der Waals surface area contributed by atoms with Crippen LogP contribution in [-0.2, 0) is 11.3 Å². The van der Waals surface area contributed by atoms with E-state index in [1.54, 1.807) is 16.9 Å². The maximum Gasteiger partial charge on any atom is 0.273 e. The van der Waals surface area contributed by atoms with Crippen molar-refractivity contribution in [2.24, 2.45) is 0 Å². The number of carbonyl (C=O) groups is 2. The highest BCUT2D eigenvalue weighted by Gasteiger charge is 2.17. The molecule has 142 valence electrons. The lowest BCUT2D eigenvalue weighted by Crippen LogP contribution is -2.26. The van der Waals surface area contributed by atoms with Gasteiger partial charge in [-0.3, -0.25) is 24.4 Å². The SMILES string of the molecule is CCCNC(=O)c1nn(CC)cc1NC(=O)/C=C/c1cccc([N+](=O)[O-])c1. The average Bonchev–Trinajstić information content (AvgIpc) is 3.07. The standard InChI is InChI=1S/C18H21N5O4/c1-3-10-19-18(25)17-15(12-22(4-2)21-17)20-16(24)9-8-13-6-5-7-14(11-13)23(26)27/h5-9,11-12H,3-4,10H2,1-2H3,(H,19,25)(H,20,24)/b9-8+. The largest absolute Gasteiger partial charge is 0.351 e. The number of nitrogens with one attached hydrogen (secondary N) is 2. The zero-order chi connectivity index (χ0) is 19.8. The maximum atomic E-state index is 12.2. The predicted molar refractivity (Wildman–Crippen MR) is 101 cm³/mol. The third kappa shape index (κ3) is 5.50. The Morgan fingerprint density at radius 2 is 2.11 bits per heavy atom. The first-order chi connectivity index (χ1) is 12.9. The van der Waals surface area contributed by atoms with E-state index in [0.717, 1.165) is 6.42 Å². The van der Waals surface area contributed by atoms with Gasteiger partial charge in [0.05, 0.1) is 10.6 Å². The number of anilines is 1. The van der Waals surface area contributed by atoms with E-state index in [9.17, 15) is 19.7 Å². The molecule has 0 fully saturated rings. The van der Waals surface area contributed by atoms with Crippen LogP contribution in [0.5, 0.6) is 0 Å². The second kappa shape index (κ2) is 9.27. The lowest BCUT2D eigenvalue weighted by molar-refractivity contribution is -0.384. The Kier molecular flexibility index (Phi) is 6.81. The van der Waals surface area contributed by atoms with E-state index in [-0.39, 0.29) is 17.3 Å². The molecule has 9 heteroatoms. The molecular formula is C18H21N5O4. The molecule has 0 saturated heterocycles. The number of nitro benzene ring substituents is 1. The molecule has 0 saturated carbocycles. The number of carbonyl (C=O) groups excluding carboxylic acids is 2. The summed E-state index contributed by atoms with van der Waals surface area (Å²) in [6.07, 6.45) is 5.08. The van der Waals surface area contributed by atoms with Crippen LogP contribution in [0.25, 0.3) is 6.08 Å². The van der Waals surface area contributed by atoms with Crippen LogP contribution in [0.1, 0.15) is 36.3 Å². The Balaban J connectivity index is 2.13. The van der Waals surface area contributed by atoms with Gasteiger partial charge in [0.1, 0.15) is 0 Å². The van der Waals surface area contributed by atoms with Gasteiger partial charge in [0.2, 0.25) is 5.91 Å². The van der Waals surface area contributed by atoms with Crippen LogP contribution in [0.2, 0.25) is 0 Å². The minimum Gasteiger partial charge on any atom is -0.351 e. The Morgan fingerprint density at radius 1 is 1.33 bits per heavy atom. The molecule has 0 aliphatic carbocycles. The molecule has 0 unspecified atom stereocenters. The summed E-state index contributed by atoms with van der Waals surface area (Å²) in [5.41, 5.74) is 0.905. The number of rotatable bonds is 8. The highest BCUT2D eigenvalue weighted by Crippen LogP contribution is 2.16. The molecule has 2 aromatic rings. The average molecular weight is 371 g/mol. The zero-order valence-electron chi connectivity index (χ0n) is 15.1. The molecule has 1 aromatic heterocycles. The van der Waals surface area contributed by atoms with Gasteiger partial charge < -0.3 is 10.6 Å². The second-order valence-electron chi connectivity index (χ2n) is 5.68. The molecule has 0 atom stereocenters. The Bertz CT molecular complexity index is 872. The number of non-ortho nitro benzene ring substituents is 1. The van der Waals surface area contributed by atoms with E-state index < -0.39 is 10.8 Å². The fraction of sp³-hybridized carbons (Fsp3) is 0.278. The molecule has 2 N–H and O–H groups in total. The molecule has 27 heavy (non-hydrogen) atoms. The van der Waals surface area contributed by atoms with Crippen molar-refractivity contribution >= 4 is 29.3 Å². The van der Waals surface area contributed by atoms with Crippen LogP contribution >= 0.6 is 0 Å². The summed E-state index contributed by atoms with van der Waals surface area (Å²) in [6.45, 7) is 4.87. The number of aryl methyl sites for hydroxylation is 1. The van der Waals surface area contributed by atoms with E-state index in [2.05, 4.69) is 15.7 Å². The van der Waals surface area contributed by atoms with Crippen molar-refractivity contribution in [2.45, 2.75) is 26.8 Å². The van der Waals surface area contributed by atoms with E-state index in [1.165, 1.54) is 30.4 Å². The summed E-state index contributed by atoms with van der Waals surface area (Å²) < 4.78 is 1.56. The van der Waals surface area contributed by atoms with Crippen LogP contribution in [0.15, 0.2) is 36.5 Å². The van der Waals surface area contributed by atoms with Gasteiger partial charge in [0.15, 0.2) is 5.69 Å². The van der Waals surface area contributed by atoms with Crippen molar-refractivity contribution in [3.8, 4) is 0 Å². The second-order valence-corrected chi connectivity index (χ2v) is 5.68. The first-order valence-corrected chi connectivity index (χ1v) is 8.53. The number of hydrogen-bond acceptors (Lipinski definition) is 5. The summed E-state index contributed by atoms with van der Waals surface area (Å²) in [4.78, 5) is 34.7. The first-order valence-electron chi connectivity index (χ1n) is 8.53. The molecule has 2 amide bonds. The number of hydrogen-bond donors (Lipinski definition) is 2. The molecule has 0 aliphatic heterocycles. The van der Waals surface area contributed by atoms with E-state index in [0.29, 0.717) is 24.3 Å². The van der Waals surface area contributed by atoms with Crippen LogP contribution < -0.4 is 10.6 Å². The lowest BCUT2D eigenvalue weighted by Gasteiger charge is -2.04. The van der Waals surface area contributed by atoms with Gasteiger partial charge in [-0.1, -0.05) is 19.1 Å². The van der Waals surface area contributed by atoms with Gasteiger partial charge >= 0.3 is 0 Å². The fourth-order valence-corrected chi connectivity index (χ4v) is 2.25.